The number of nitrogens with zero attached hydrogens (tertiary/aromatic N) is 2. The van der Waals surface area contributed by atoms with Crippen molar-refractivity contribution in [2.24, 2.45) is 0 Å². The van der Waals surface area contributed by atoms with Crippen molar-refractivity contribution in [3.8, 4) is 0 Å². The van der Waals surface area contributed by atoms with Crippen LogP contribution in [0.1, 0.15) is 12.6 Å². The van der Waals surface area contributed by atoms with E-state index in [4.69, 9.17) is 10.2 Å². The van der Waals surface area contributed by atoms with Crippen LogP contribution in [0.4, 0.5) is 4.79 Å². The summed E-state index contributed by atoms with van der Waals surface area (Å²) in [5.74, 6) is -1.10. The fraction of sp³-hybridized carbons (Fsp3) is 0.462. The number of amides is 2. The van der Waals surface area contributed by atoms with Crippen LogP contribution in [0.15, 0.2) is 24.4 Å². The maximum Gasteiger partial charge on any atom is 0.325 e. The second-order valence-electron chi connectivity index (χ2n) is 4.29. The minimum absolute atomic E-state index is 0.144. The molecule has 1 aromatic heterocycles. The number of rotatable bonds is 7. The van der Waals surface area contributed by atoms with Crippen LogP contribution in [-0.4, -0.2) is 57.8 Å². The number of aliphatic hydroxyl groups excluding tert-OH is 1. The Morgan fingerprint density at radius 2 is 2.15 bits per heavy atom. The highest BCUT2D eigenvalue weighted by molar-refractivity contribution is 5.82. The number of aliphatic carboxylic acids is 1. The van der Waals surface area contributed by atoms with Gasteiger partial charge in [0.2, 0.25) is 0 Å². The van der Waals surface area contributed by atoms with Gasteiger partial charge in [-0.25, -0.2) is 4.79 Å². The monoisotopic (exact) mass is 281 g/mol. The van der Waals surface area contributed by atoms with Crippen LogP contribution in [0.25, 0.3) is 0 Å². The SMILES string of the molecule is C[C@H](NC(=O)N(CCO)CCc1ccccn1)C(=O)O. The summed E-state index contributed by atoms with van der Waals surface area (Å²) in [7, 11) is 0. The fourth-order valence-electron chi connectivity index (χ4n) is 1.57. The molecule has 1 aromatic rings. The summed E-state index contributed by atoms with van der Waals surface area (Å²) in [5, 5.41) is 20.1. The Kier molecular flexibility index (Phi) is 6.45. The van der Waals surface area contributed by atoms with Gasteiger partial charge in [0.05, 0.1) is 6.61 Å². The number of urea groups is 1. The van der Waals surface area contributed by atoms with Crippen LogP contribution in [0.3, 0.4) is 0 Å². The predicted molar refractivity (Wildman–Crippen MR) is 72.2 cm³/mol. The van der Waals surface area contributed by atoms with Crippen molar-refractivity contribution in [1.29, 1.82) is 0 Å². The maximum absolute atomic E-state index is 11.9. The Morgan fingerprint density at radius 1 is 1.40 bits per heavy atom. The van der Waals surface area contributed by atoms with E-state index in [2.05, 4.69) is 10.3 Å². The van der Waals surface area contributed by atoms with E-state index >= 15 is 0 Å². The Hall–Kier alpha value is -2.15. The highest BCUT2D eigenvalue weighted by Gasteiger charge is 2.18. The molecule has 1 atom stereocenters. The van der Waals surface area contributed by atoms with Crippen LogP contribution in [0.2, 0.25) is 0 Å². The lowest BCUT2D eigenvalue weighted by Gasteiger charge is -2.23. The molecule has 0 unspecified atom stereocenters. The number of carbonyl (C=O) groups is 2. The van der Waals surface area contributed by atoms with E-state index in [-0.39, 0.29) is 13.2 Å². The zero-order valence-corrected chi connectivity index (χ0v) is 11.3. The van der Waals surface area contributed by atoms with E-state index in [0.29, 0.717) is 13.0 Å². The van der Waals surface area contributed by atoms with Gasteiger partial charge in [-0.1, -0.05) is 6.07 Å². The molecule has 7 heteroatoms. The molecular formula is C13H19N3O4. The lowest BCUT2D eigenvalue weighted by atomic mass is 10.2. The minimum atomic E-state index is -1.10. The van der Waals surface area contributed by atoms with E-state index < -0.39 is 18.0 Å². The number of pyridine rings is 1. The molecule has 0 aromatic carbocycles. The first-order chi connectivity index (χ1) is 9.54. The Bertz CT molecular complexity index is 439. The van der Waals surface area contributed by atoms with Crippen LogP contribution < -0.4 is 5.32 Å². The number of hydrogen-bond acceptors (Lipinski definition) is 4. The molecule has 2 amide bonds. The third kappa shape index (κ3) is 5.23. The summed E-state index contributed by atoms with van der Waals surface area (Å²) in [6.45, 7) is 1.70. The number of carboxylic acids is 1. The fourth-order valence-corrected chi connectivity index (χ4v) is 1.57. The van der Waals surface area contributed by atoms with Crippen molar-refractivity contribution >= 4 is 12.0 Å². The average Bonchev–Trinajstić information content (AvgIpc) is 2.44. The summed E-state index contributed by atoms with van der Waals surface area (Å²) in [5.41, 5.74) is 0.828. The molecule has 7 nitrogen and oxygen atoms in total. The molecule has 3 N–H and O–H groups in total. The number of carboxylic acid groups (broad SMARTS) is 1. The first kappa shape index (κ1) is 15.9. The van der Waals surface area contributed by atoms with E-state index in [0.717, 1.165) is 5.69 Å². The molecular weight excluding hydrogens is 262 g/mol. The Balaban J connectivity index is 2.55. The predicted octanol–water partition coefficient (Wildman–Crippen LogP) is 0.101. The highest BCUT2D eigenvalue weighted by Crippen LogP contribution is 1.99. The van der Waals surface area contributed by atoms with Crippen molar-refractivity contribution in [1.82, 2.24) is 15.2 Å². The largest absolute Gasteiger partial charge is 0.480 e. The zero-order chi connectivity index (χ0) is 15.0. The van der Waals surface area contributed by atoms with Gasteiger partial charge in [0.1, 0.15) is 6.04 Å². The first-order valence-corrected chi connectivity index (χ1v) is 6.33. The normalized spacial score (nSPS) is 11.7. The molecule has 0 aliphatic rings. The number of aromatic nitrogens is 1. The highest BCUT2D eigenvalue weighted by atomic mass is 16.4. The third-order valence-electron chi connectivity index (χ3n) is 2.73. The average molecular weight is 281 g/mol. The lowest BCUT2D eigenvalue weighted by molar-refractivity contribution is -0.138. The first-order valence-electron chi connectivity index (χ1n) is 6.33. The van der Waals surface area contributed by atoms with Crippen LogP contribution in [0, 0.1) is 0 Å². The summed E-state index contributed by atoms with van der Waals surface area (Å²) < 4.78 is 0. The van der Waals surface area contributed by atoms with Crippen LogP contribution in [-0.2, 0) is 11.2 Å². The summed E-state index contributed by atoms with van der Waals surface area (Å²) in [6, 6.07) is 4.01. The van der Waals surface area contributed by atoms with Crippen molar-refractivity contribution < 1.29 is 19.8 Å². The van der Waals surface area contributed by atoms with Gasteiger partial charge in [-0.3, -0.25) is 9.78 Å². The molecule has 0 bridgehead atoms. The standard InChI is InChI=1S/C13H19N3O4/c1-10(12(18)19)15-13(20)16(8-9-17)7-5-11-4-2-3-6-14-11/h2-4,6,10,17H,5,7-9H2,1H3,(H,15,20)(H,18,19)/t10-/m0/s1. The second kappa shape index (κ2) is 8.11. The Labute approximate surface area is 117 Å². The van der Waals surface area contributed by atoms with E-state index in [9.17, 15) is 9.59 Å². The minimum Gasteiger partial charge on any atom is -0.480 e. The summed E-state index contributed by atoms with van der Waals surface area (Å²) in [6.07, 6.45) is 2.20. The van der Waals surface area contributed by atoms with Gasteiger partial charge in [0.15, 0.2) is 0 Å². The molecule has 0 saturated heterocycles. The molecule has 1 heterocycles. The summed E-state index contributed by atoms with van der Waals surface area (Å²) in [4.78, 5) is 28.1. The van der Waals surface area contributed by atoms with Crippen LogP contribution >= 0.6 is 0 Å². The number of carbonyl (C=O) groups excluding carboxylic acids is 1. The molecule has 0 aliphatic heterocycles. The van der Waals surface area contributed by atoms with E-state index in [1.54, 1.807) is 12.3 Å². The van der Waals surface area contributed by atoms with Crippen molar-refractivity contribution in [2.45, 2.75) is 19.4 Å². The van der Waals surface area contributed by atoms with E-state index in [1.807, 2.05) is 12.1 Å². The van der Waals surface area contributed by atoms with E-state index in [1.165, 1.54) is 11.8 Å². The van der Waals surface area contributed by atoms with Crippen molar-refractivity contribution in [3.05, 3.63) is 30.1 Å². The molecule has 1 rings (SSSR count). The number of hydrogen-bond donors (Lipinski definition) is 3. The number of nitrogens with one attached hydrogen (secondary N) is 1. The third-order valence-corrected chi connectivity index (χ3v) is 2.73. The molecule has 0 spiro atoms. The quantitative estimate of drug-likeness (QED) is 0.658. The van der Waals surface area contributed by atoms with Gasteiger partial charge in [0.25, 0.3) is 0 Å². The molecule has 0 aliphatic carbocycles. The number of aliphatic hydroxyl groups is 1. The van der Waals surface area contributed by atoms with Gasteiger partial charge < -0.3 is 20.4 Å². The molecule has 0 fully saturated rings. The molecule has 110 valence electrons. The maximum atomic E-state index is 11.9. The molecule has 0 radical (unpaired) electrons. The second-order valence-corrected chi connectivity index (χ2v) is 4.29. The van der Waals surface area contributed by atoms with Gasteiger partial charge in [-0.05, 0) is 19.1 Å². The van der Waals surface area contributed by atoms with Crippen molar-refractivity contribution in [2.75, 3.05) is 19.7 Å². The zero-order valence-electron chi connectivity index (χ0n) is 11.3. The van der Waals surface area contributed by atoms with Crippen molar-refractivity contribution in [3.63, 3.8) is 0 Å². The topological polar surface area (TPSA) is 103 Å². The van der Waals surface area contributed by atoms with Gasteiger partial charge in [-0.15, -0.1) is 0 Å². The lowest BCUT2D eigenvalue weighted by Crippen LogP contribution is -2.48. The summed E-state index contributed by atoms with van der Waals surface area (Å²) >= 11 is 0. The smallest absolute Gasteiger partial charge is 0.325 e. The van der Waals surface area contributed by atoms with Gasteiger partial charge in [0, 0.05) is 31.4 Å². The molecule has 20 heavy (non-hydrogen) atoms. The van der Waals surface area contributed by atoms with Gasteiger partial charge >= 0.3 is 12.0 Å². The Morgan fingerprint density at radius 3 is 2.70 bits per heavy atom. The van der Waals surface area contributed by atoms with Gasteiger partial charge in [-0.2, -0.15) is 0 Å². The molecule has 0 saturated carbocycles. The van der Waals surface area contributed by atoms with Crippen LogP contribution in [0.5, 0.6) is 0 Å².